The van der Waals surface area contributed by atoms with Crippen molar-refractivity contribution in [3.05, 3.63) is 0 Å². The van der Waals surface area contributed by atoms with Crippen LogP contribution in [-0.4, -0.2) is 47.6 Å². The van der Waals surface area contributed by atoms with Gasteiger partial charge >= 0.3 is 5.97 Å². The van der Waals surface area contributed by atoms with Crippen molar-refractivity contribution in [3.8, 4) is 0 Å². The first-order valence-electron chi connectivity index (χ1n) is 6.91. The maximum Gasteiger partial charge on any atom is 0.326 e. The highest BCUT2D eigenvalue weighted by Crippen LogP contribution is 2.21. The van der Waals surface area contributed by atoms with Crippen LogP contribution in [0.5, 0.6) is 0 Å². The molecule has 2 N–H and O–H groups in total. The fraction of sp³-hybridized carbons (Fsp3) is 0.846. The van der Waals surface area contributed by atoms with Gasteiger partial charge in [0.25, 0.3) is 0 Å². The van der Waals surface area contributed by atoms with Crippen LogP contribution in [-0.2, 0) is 9.59 Å². The van der Waals surface area contributed by atoms with Crippen molar-refractivity contribution in [1.82, 2.24) is 10.2 Å². The molecule has 102 valence electrons. The highest BCUT2D eigenvalue weighted by molar-refractivity contribution is 5.83. The summed E-state index contributed by atoms with van der Waals surface area (Å²) in [6, 6.07) is -0.602. The lowest BCUT2D eigenvalue weighted by Crippen LogP contribution is -2.45. The van der Waals surface area contributed by atoms with Gasteiger partial charge in [-0.05, 0) is 38.3 Å². The van der Waals surface area contributed by atoms with Gasteiger partial charge in [-0.1, -0.05) is 12.8 Å². The standard InChI is InChI=1S/C13H22N2O3/c16-12(8-10-5-6-14-9-10)15-7-3-1-2-4-11(15)13(17)18/h10-11,14H,1-9H2,(H,17,18). The van der Waals surface area contributed by atoms with Gasteiger partial charge in [-0.15, -0.1) is 0 Å². The smallest absolute Gasteiger partial charge is 0.326 e. The number of carbonyl (C=O) groups excluding carboxylic acids is 1. The molecule has 0 saturated carbocycles. The normalized spacial score (nSPS) is 29.0. The first-order valence-corrected chi connectivity index (χ1v) is 6.91. The Balaban J connectivity index is 1.97. The molecule has 2 saturated heterocycles. The van der Waals surface area contributed by atoms with Crippen molar-refractivity contribution in [2.45, 2.75) is 44.6 Å². The van der Waals surface area contributed by atoms with E-state index in [4.69, 9.17) is 0 Å². The second-order valence-corrected chi connectivity index (χ2v) is 5.35. The Morgan fingerprint density at radius 3 is 2.72 bits per heavy atom. The number of aliphatic carboxylic acids is 1. The molecule has 0 radical (unpaired) electrons. The van der Waals surface area contributed by atoms with E-state index in [9.17, 15) is 14.7 Å². The van der Waals surface area contributed by atoms with E-state index in [1.165, 1.54) is 0 Å². The molecule has 2 unspecified atom stereocenters. The second kappa shape index (κ2) is 6.18. The Kier molecular flexibility index (Phi) is 4.58. The number of amides is 1. The minimum Gasteiger partial charge on any atom is -0.480 e. The maximum atomic E-state index is 12.3. The number of carboxylic acid groups (broad SMARTS) is 1. The molecule has 2 fully saturated rings. The molecule has 0 spiro atoms. The van der Waals surface area contributed by atoms with Gasteiger partial charge in [0.2, 0.25) is 5.91 Å². The zero-order valence-electron chi connectivity index (χ0n) is 10.7. The first kappa shape index (κ1) is 13.3. The number of carbonyl (C=O) groups is 2. The van der Waals surface area contributed by atoms with Gasteiger partial charge in [0.05, 0.1) is 0 Å². The van der Waals surface area contributed by atoms with Gasteiger partial charge in [0.15, 0.2) is 0 Å². The first-order chi connectivity index (χ1) is 8.68. The predicted octanol–water partition coefficient (Wildman–Crippen LogP) is 0.842. The Bertz CT molecular complexity index is 313. The Morgan fingerprint density at radius 1 is 1.22 bits per heavy atom. The summed E-state index contributed by atoms with van der Waals surface area (Å²) in [4.78, 5) is 25.1. The molecule has 0 aromatic rings. The van der Waals surface area contributed by atoms with E-state index in [2.05, 4.69) is 5.32 Å². The van der Waals surface area contributed by atoms with Crippen LogP contribution in [0, 0.1) is 5.92 Å². The van der Waals surface area contributed by atoms with E-state index in [1.807, 2.05) is 0 Å². The van der Waals surface area contributed by atoms with Crippen molar-refractivity contribution in [3.63, 3.8) is 0 Å². The molecule has 2 heterocycles. The molecule has 2 aliphatic rings. The van der Waals surface area contributed by atoms with Gasteiger partial charge in [-0.3, -0.25) is 4.79 Å². The van der Waals surface area contributed by atoms with Gasteiger partial charge in [0, 0.05) is 13.0 Å². The Hall–Kier alpha value is -1.10. The molecule has 0 aromatic heterocycles. The minimum absolute atomic E-state index is 0.0259. The lowest BCUT2D eigenvalue weighted by molar-refractivity contribution is -0.150. The summed E-state index contributed by atoms with van der Waals surface area (Å²) in [5.74, 6) is -0.442. The lowest BCUT2D eigenvalue weighted by Gasteiger charge is -2.28. The summed E-state index contributed by atoms with van der Waals surface area (Å²) in [6.07, 6.45) is 4.99. The molecular formula is C13H22N2O3. The zero-order chi connectivity index (χ0) is 13.0. The molecule has 5 nitrogen and oxygen atoms in total. The van der Waals surface area contributed by atoms with E-state index in [0.717, 1.165) is 38.8 Å². The molecule has 0 bridgehead atoms. The number of carboxylic acids is 1. The van der Waals surface area contributed by atoms with Crippen molar-refractivity contribution >= 4 is 11.9 Å². The van der Waals surface area contributed by atoms with Crippen LogP contribution in [0.2, 0.25) is 0 Å². The van der Waals surface area contributed by atoms with Crippen LogP contribution in [0.25, 0.3) is 0 Å². The minimum atomic E-state index is -0.852. The molecule has 5 heteroatoms. The van der Waals surface area contributed by atoms with Gasteiger partial charge in [-0.2, -0.15) is 0 Å². The monoisotopic (exact) mass is 254 g/mol. The molecule has 2 atom stereocenters. The van der Waals surface area contributed by atoms with E-state index in [0.29, 0.717) is 25.3 Å². The molecular weight excluding hydrogens is 232 g/mol. The SMILES string of the molecule is O=C(O)C1CCCCCN1C(=O)CC1CCNC1. The second-order valence-electron chi connectivity index (χ2n) is 5.35. The summed E-state index contributed by atoms with van der Waals surface area (Å²) in [6.45, 7) is 2.47. The van der Waals surface area contributed by atoms with Gasteiger partial charge in [0.1, 0.15) is 6.04 Å². The van der Waals surface area contributed by atoms with E-state index < -0.39 is 12.0 Å². The summed E-state index contributed by atoms with van der Waals surface area (Å²) in [5.41, 5.74) is 0. The average molecular weight is 254 g/mol. The molecule has 2 rings (SSSR count). The molecule has 1 amide bonds. The molecule has 2 aliphatic heterocycles. The highest BCUT2D eigenvalue weighted by Gasteiger charge is 2.32. The fourth-order valence-corrected chi connectivity index (χ4v) is 2.92. The number of nitrogens with zero attached hydrogens (tertiary/aromatic N) is 1. The van der Waals surface area contributed by atoms with Gasteiger partial charge < -0.3 is 15.3 Å². The largest absolute Gasteiger partial charge is 0.480 e. The van der Waals surface area contributed by atoms with Crippen LogP contribution in [0.3, 0.4) is 0 Å². The Morgan fingerprint density at radius 2 is 2.06 bits per heavy atom. The lowest BCUT2D eigenvalue weighted by atomic mass is 10.0. The summed E-state index contributed by atoms with van der Waals surface area (Å²) < 4.78 is 0. The van der Waals surface area contributed by atoms with Crippen molar-refractivity contribution in [2.75, 3.05) is 19.6 Å². The van der Waals surface area contributed by atoms with Crippen LogP contribution in [0.15, 0.2) is 0 Å². The van der Waals surface area contributed by atoms with E-state index >= 15 is 0 Å². The molecule has 18 heavy (non-hydrogen) atoms. The topological polar surface area (TPSA) is 69.6 Å². The number of rotatable bonds is 3. The average Bonchev–Trinajstić information content (AvgIpc) is 2.70. The fourth-order valence-electron chi connectivity index (χ4n) is 2.92. The van der Waals surface area contributed by atoms with Crippen molar-refractivity contribution in [1.29, 1.82) is 0 Å². The van der Waals surface area contributed by atoms with Crippen molar-refractivity contribution in [2.24, 2.45) is 5.92 Å². The van der Waals surface area contributed by atoms with Crippen LogP contribution in [0.1, 0.15) is 38.5 Å². The predicted molar refractivity (Wildman–Crippen MR) is 67.2 cm³/mol. The van der Waals surface area contributed by atoms with Crippen molar-refractivity contribution < 1.29 is 14.7 Å². The number of nitrogens with one attached hydrogen (secondary N) is 1. The zero-order valence-corrected chi connectivity index (χ0v) is 10.7. The number of likely N-dealkylation sites (tertiary alicyclic amines) is 1. The highest BCUT2D eigenvalue weighted by atomic mass is 16.4. The summed E-state index contributed by atoms with van der Waals surface area (Å²) in [7, 11) is 0. The van der Waals surface area contributed by atoms with Gasteiger partial charge in [-0.25, -0.2) is 4.79 Å². The third kappa shape index (κ3) is 3.22. The third-order valence-corrected chi connectivity index (χ3v) is 3.98. The maximum absolute atomic E-state index is 12.3. The Labute approximate surface area is 108 Å². The number of hydrogen-bond donors (Lipinski definition) is 2. The summed E-state index contributed by atoms with van der Waals surface area (Å²) in [5, 5.41) is 12.5. The quantitative estimate of drug-likeness (QED) is 0.783. The molecule has 0 aliphatic carbocycles. The van der Waals surface area contributed by atoms with Crippen LogP contribution < -0.4 is 5.32 Å². The summed E-state index contributed by atoms with van der Waals surface area (Å²) >= 11 is 0. The van der Waals surface area contributed by atoms with E-state index in [-0.39, 0.29) is 5.91 Å². The third-order valence-electron chi connectivity index (χ3n) is 3.98. The van der Waals surface area contributed by atoms with Crippen LogP contribution in [0.4, 0.5) is 0 Å². The number of hydrogen-bond acceptors (Lipinski definition) is 3. The van der Waals surface area contributed by atoms with Crippen LogP contribution >= 0.6 is 0 Å². The molecule has 0 aromatic carbocycles. The van der Waals surface area contributed by atoms with E-state index in [1.54, 1.807) is 4.90 Å².